The average Bonchev–Trinajstić information content (AvgIpc) is 2.59. The minimum atomic E-state index is -1.17. The third-order valence-corrected chi connectivity index (χ3v) is 2.74. The standard InChI is InChI=1S/C5H10N6O2S/c1-5(4(13)9-7)2(3(12)8-6)10-11-14-5/h11H,6-7H2,1H3,(H,8,12)(H,9,13). The topological polar surface area (TPSA) is 135 Å². The first kappa shape index (κ1) is 10.8. The van der Waals surface area contributed by atoms with Gasteiger partial charge in [-0.15, -0.1) is 0 Å². The molecule has 7 N–H and O–H groups in total. The second kappa shape index (κ2) is 3.82. The van der Waals surface area contributed by atoms with Crippen molar-refractivity contribution in [2.75, 3.05) is 0 Å². The number of hydrogen-bond acceptors (Lipinski definition) is 7. The molecule has 9 heteroatoms. The van der Waals surface area contributed by atoms with Crippen molar-refractivity contribution in [1.82, 2.24) is 15.7 Å². The molecule has 1 aliphatic rings. The lowest BCUT2D eigenvalue weighted by Gasteiger charge is -2.19. The average molecular weight is 218 g/mol. The van der Waals surface area contributed by atoms with Crippen molar-refractivity contribution >= 4 is 29.5 Å². The number of amides is 2. The van der Waals surface area contributed by atoms with Crippen LogP contribution in [0.3, 0.4) is 0 Å². The minimum Gasteiger partial charge on any atom is -0.293 e. The molecule has 0 aliphatic carbocycles. The summed E-state index contributed by atoms with van der Waals surface area (Å²) in [5.74, 6) is 8.75. The molecule has 0 saturated heterocycles. The monoisotopic (exact) mass is 218 g/mol. The highest BCUT2D eigenvalue weighted by molar-refractivity contribution is 8.00. The van der Waals surface area contributed by atoms with E-state index in [0.717, 1.165) is 11.9 Å². The normalized spacial score (nSPS) is 24.9. The first-order valence-electron chi connectivity index (χ1n) is 3.59. The predicted octanol–water partition coefficient (Wildman–Crippen LogP) is -2.67. The van der Waals surface area contributed by atoms with Crippen LogP contribution in [0.1, 0.15) is 6.92 Å². The molecule has 0 bridgehead atoms. The van der Waals surface area contributed by atoms with Crippen LogP contribution in [0.4, 0.5) is 0 Å². The molecule has 8 nitrogen and oxygen atoms in total. The second-order valence-corrected chi connectivity index (χ2v) is 3.84. The van der Waals surface area contributed by atoms with Crippen LogP contribution in [0.15, 0.2) is 5.10 Å². The number of carbonyl (C=O) groups excluding carboxylic acids is 2. The van der Waals surface area contributed by atoms with E-state index in [1.165, 1.54) is 6.92 Å². The predicted molar refractivity (Wildman–Crippen MR) is 51.2 cm³/mol. The van der Waals surface area contributed by atoms with Gasteiger partial charge in [-0.1, -0.05) is 0 Å². The van der Waals surface area contributed by atoms with E-state index in [0.29, 0.717) is 0 Å². The van der Waals surface area contributed by atoms with Gasteiger partial charge in [0.1, 0.15) is 0 Å². The lowest BCUT2D eigenvalue weighted by atomic mass is 10.0. The Morgan fingerprint density at radius 3 is 2.64 bits per heavy atom. The molecule has 78 valence electrons. The van der Waals surface area contributed by atoms with Gasteiger partial charge in [0.2, 0.25) is 0 Å². The molecule has 1 unspecified atom stereocenters. The van der Waals surface area contributed by atoms with Gasteiger partial charge < -0.3 is 0 Å². The largest absolute Gasteiger partial charge is 0.293 e. The molecule has 0 saturated carbocycles. The van der Waals surface area contributed by atoms with Crippen molar-refractivity contribution in [3.8, 4) is 0 Å². The van der Waals surface area contributed by atoms with Crippen molar-refractivity contribution in [2.24, 2.45) is 16.8 Å². The number of nitrogens with one attached hydrogen (secondary N) is 3. The van der Waals surface area contributed by atoms with Crippen molar-refractivity contribution in [3.63, 3.8) is 0 Å². The zero-order valence-electron chi connectivity index (χ0n) is 7.33. The minimum absolute atomic E-state index is 0.0204. The highest BCUT2D eigenvalue weighted by Crippen LogP contribution is 2.29. The van der Waals surface area contributed by atoms with E-state index in [9.17, 15) is 9.59 Å². The maximum absolute atomic E-state index is 11.4. The van der Waals surface area contributed by atoms with Crippen molar-refractivity contribution in [1.29, 1.82) is 0 Å². The molecule has 0 radical (unpaired) electrons. The summed E-state index contributed by atoms with van der Waals surface area (Å²) in [7, 11) is 0. The highest BCUT2D eigenvalue weighted by atomic mass is 32.2. The van der Waals surface area contributed by atoms with Gasteiger partial charge in [-0.25, -0.2) is 11.7 Å². The lowest BCUT2D eigenvalue weighted by molar-refractivity contribution is -0.122. The number of hydrazine groups is 2. The number of nitrogens with zero attached hydrogens (tertiary/aromatic N) is 1. The fourth-order valence-electron chi connectivity index (χ4n) is 0.942. The third kappa shape index (κ3) is 1.52. The Balaban J connectivity index is 2.96. The maximum Gasteiger partial charge on any atom is 0.283 e. The van der Waals surface area contributed by atoms with Crippen LogP contribution in [0.5, 0.6) is 0 Å². The molecule has 1 heterocycles. The molecule has 2 amide bonds. The Hall–Kier alpha value is -1.32. The molecule has 1 rings (SSSR count). The number of hydrogen-bond donors (Lipinski definition) is 5. The van der Waals surface area contributed by atoms with Gasteiger partial charge in [0.05, 0.1) is 0 Å². The summed E-state index contributed by atoms with van der Waals surface area (Å²) in [6.07, 6.45) is 0. The van der Waals surface area contributed by atoms with E-state index in [1.54, 1.807) is 0 Å². The van der Waals surface area contributed by atoms with Crippen LogP contribution in [-0.2, 0) is 9.59 Å². The number of hydrazone groups is 1. The van der Waals surface area contributed by atoms with Gasteiger partial charge in [-0.2, -0.15) is 5.10 Å². The van der Waals surface area contributed by atoms with E-state index < -0.39 is 16.6 Å². The molecular formula is C5H10N6O2S. The van der Waals surface area contributed by atoms with Crippen LogP contribution in [0.2, 0.25) is 0 Å². The molecule has 14 heavy (non-hydrogen) atoms. The van der Waals surface area contributed by atoms with Gasteiger partial charge in [0, 0.05) is 0 Å². The Morgan fingerprint density at radius 2 is 2.14 bits per heavy atom. The van der Waals surface area contributed by atoms with E-state index in [2.05, 4.69) is 9.93 Å². The van der Waals surface area contributed by atoms with Gasteiger partial charge in [0.15, 0.2) is 10.5 Å². The van der Waals surface area contributed by atoms with Crippen LogP contribution >= 0.6 is 11.9 Å². The number of rotatable bonds is 2. The van der Waals surface area contributed by atoms with Crippen molar-refractivity contribution in [3.05, 3.63) is 0 Å². The van der Waals surface area contributed by atoms with Gasteiger partial charge >= 0.3 is 0 Å². The first-order valence-corrected chi connectivity index (χ1v) is 4.41. The van der Waals surface area contributed by atoms with Gasteiger partial charge in [0.25, 0.3) is 11.8 Å². The second-order valence-electron chi connectivity index (χ2n) is 2.63. The molecule has 0 aromatic heterocycles. The fourth-order valence-corrected chi connectivity index (χ4v) is 1.65. The Morgan fingerprint density at radius 1 is 1.50 bits per heavy atom. The summed E-state index contributed by atoms with van der Waals surface area (Å²) >= 11 is 0.967. The molecule has 1 aliphatic heterocycles. The summed E-state index contributed by atoms with van der Waals surface area (Å²) in [6, 6.07) is 0. The highest BCUT2D eigenvalue weighted by Gasteiger charge is 2.46. The van der Waals surface area contributed by atoms with Crippen LogP contribution in [-0.4, -0.2) is 22.3 Å². The molecule has 0 aromatic carbocycles. The molecule has 0 aromatic rings. The summed E-state index contributed by atoms with van der Waals surface area (Å²) in [5, 5.41) is 3.65. The SMILES string of the molecule is CC1(C(=O)NN)SNN=C1C(=O)NN. The smallest absolute Gasteiger partial charge is 0.283 e. The summed E-state index contributed by atoms with van der Waals surface area (Å²) in [4.78, 5) is 25.0. The van der Waals surface area contributed by atoms with Gasteiger partial charge in [-0.05, 0) is 18.9 Å². The number of carbonyl (C=O) groups is 2. The number of nitrogens with two attached hydrogens (primary N) is 2. The zero-order chi connectivity index (χ0) is 10.8. The van der Waals surface area contributed by atoms with E-state index >= 15 is 0 Å². The Kier molecular flexibility index (Phi) is 2.93. The first-order chi connectivity index (χ1) is 6.56. The molecule has 0 spiro atoms. The summed E-state index contributed by atoms with van der Waals surface area (Å²) in [6.45, 7) is 1.51. The fraction of sp³-hybridized carbons (Fsp3) is 0.400. The molecule has 0 fully saturated rings. The quantitative estimate of drug-likeness (QED) is 0.148. The van der Waals surface area contributed by atoms with E-state index in [4.69, 9.17) is 11.7 Å². The summed E-state index contributed by atoms with van der Waals surface area (Å²) in [5.41, 5.74) is 3.83. The molecule has 1 atom stereocenters. The van der Waals surface area contributed by atoms with Crippen LogP contribution in [0, 0.1) is 0 Å². The third-order valence-electron chi connectivity index (χ3n) is 1.77. The Bertz CT molecular complexity index is 305. The maximum atomic E-state index is 11.4. The zero-order valence-corrected chi connectivity index (χ0v) is 8.14. The van der Waals surface area contributed by atoms with Gasteiger partial charge in [-0.3, -0.25) is 25.3 Å². The van der Waals surface area contributed by atoms with Crippen molar-refractivity contribution < 1.29 is 9.59 Å². The van der Waals surface area contributed by atoms with E-state index in [1.807, 2.05) is 10.9 Å². The van der Waals surface area contributed by atoms with Crippen LogP contribution < -0.4 is 27.4 Å². The van der Waals surface area contributed by atoms with E-state index in [-0.39, 0.29) is 5.71 Å². The van der Waals surface area contributed by atoms with Crippen molar-refractivity contribution in [2.45, 2.75) is 11.7 Å². The Labute approximate surface area is 83.9 Å². The summed E-state index contributed by atoms with van der Waals surface area (Å²) < 4.78 is -1.17. The lowest BCUT2D eigenvalue weighted by Crippen LogP contribution is -2.54. The van der Waals surface area contributed by atoms with Crippen LogP contribution in [0.25, 0.3) is 0 Å². The molecular weight excluding hydrogens is 208 g/mol.